The number of carboxylic acid groups (broad SMARTS) is 1. The Morgan fingerprint density at radius 3 is 2.68 bits per heavy atom. The van der Waals surface area contributed by atoms with Crippen LogP contribution in [0.4, 0.5) is 10.1 Å². The van der Waals surface area contributed by atoms with Gasteiger partial charge >= 0.3 is 11.7 Å². The summed E-state index contributed by atoms with van der Waals surface area (Å²) in [5.74, 6) is -2.62. The van der Waals surface area contributed by atoms with Crippen LogP contribution in [0.2, 0.25) is 0 Å². The Hall–Kier alpha value is -3.31. The number of para-hydroxylation sites is 1. The molecule has 3 aromatic rings. The first-order chi connectivity index (χ1) is 13.2. The molecule has 0 unspecified atom stereocenters. The number of carbonyl (C=O) groups is 1. The van der Waals surface area contributed by atoms with Crippen molar-refractivity contribution in [2.45, 2.75) is 17.4 Å². The number of nitro groups is 1. The van der Waals surface area contributed by atoms with Crippen LogP contribution in [-0.4, -0.2) is 35.4 Å². The lowest BCUT2D eigenvalue weighted by Crippen LogP contribution is -2.42. The van der Waals surface area contributed by atoms with E-state index in [9.17, 15) is 32.8 Å². The number of aromatic amines is 1. The van der Waals surface area contributed by atoms with E-state index < -0.39 is 43.4 Å². The van der Waals surface area contributed by atoms with Crippen LogP contribution in [-0.2, 0) is 21.2 Å². The average Bonchev–Trinajstić information content (AvgIpc) is 3.04. The molecule has 3 rings (SSSR count). The van der Waals surface area contributed by atoms with Crippen LogP contribution in [0.1, 0.15) is 5.56 Å². The molecule has 11 heteroatoms. The first kappa shape index (κ1) is 19.5. The largest absolute Gasteiger partial charge is 0.480 e. The van der Waals surface area contributed by atoms with Crippen molar-refractivity contribution < 1.29 is 27.6 Å². The Balaban J connectivity index is 1.91. The predicted molar refractivity (Wildman–Crippen MR) is 96.8 cm³/mol. The van der Waals surface area contributed by atoms with E-state index in [4.69, 9.17) is 0 Å². The van der Waals surface area contributed by atoms with Gasteiger partial charge in [0.05, 0.1) is 9.82 Å². The molecule has 146 valence electrons. The number of benzene rings is 2. The van der Waals surface area contributed by atoms with Crippen molar-refractivity contribution in [3.8, 4) is 0 Å². The molecule has 1 aromatic heterocycles. The molecule has 1 heterocycles. The van der Waals surface area contributed by atoms with Gasteiger partial charge in [0, 0.05) is 29.6 Å². The van der Waals surface area contributed by atoms with Gasteiger partial charge in [-0.1, -0.05) is 18.2 Å². The lowest BCUT2D eigenvalue weighted by atomic mass is 10.1. The summed E-state index contributed by atoms with van der Waals surface area (Å²) in [5.41, 5.74) is 0.320. The summed E-state index contributed by atoms with van der Waals surface area (Å²) in [6.07, 6.45) is 1.42. The second-order valence-electron chi connectivity index (χ2n) is 5.95. The summed E-state index contributed by atoms with van der Waals surface area (Å²) in [6.45, 7) is 0. The van der Waals surface area contributed by atoms with Crippen LogP contribution >= 0.6 is 0 Å². The minimum absolute atomic E-state index is 0.165. The zero-order chi connectivity index (χ0) is 20.5. The molecule has 0 saturated heterocycles. The highest BCUT2D eigenvalue weighted by atomic mass is 32.2. The standard InChI is InChI=1S/C17H14FN3O6S/c18-13-6-5-11(8-16(13)21(24)25)28(26,27)20-15(17(22)23)7-10-9-19-14-4-2-1-3-12(10)14/h1-6,8-9,15,19-20H,7H2,(H,22,23)/t15-/m1/s1. The van der Waals surface area contributed by atoms with Gasteiger partial charge in [0.2, 0.25) is 15.8 Å². The van der Waals surface area contributed by atoms with Gasteiger partial charge in [-0.25, -0.2) is 8.42 Å². The molecule has 0 radical (unpaired) electrons. The van der Waals surface area contributed by atoms with Gasteiger partial charge in [-0.05, 0) is 23.8 Å². The molecule has 0 aliphatic rings. The second-order valence-corrected chi connectivity index (χ2v) is 7.66. The number of aromatic nitrogens is 1. The first-order valence-corrected chi connectivity index (χ1v) is 9.41. The maximum atomic E-state index is 13.4. The lowest BCUT2D eigenvalue weighted by molar-refractivity contribution is -0.387. The summed E-state index contributed by atoms with van der Waals surface area (Å²) in [4.78, 5) is 23.7. The first-order valence-electron chi connectivity index (χ1n) is 7.93. The molecule has 0 aliphatic carbocycles. The fraction of sp³-hybridized carbons (Fsp3) is 0.118. The summed E-state index contributed by atoms with van der Waals surface area (Å²) >= 11 is 0. The third-order valence-electron chi connectivity index (χ3n) is 4.12. The molecular formula is C17H14FN3O6S. The van der Waals surface area contributed by atoms with E-state index in [0.29, 0.717) is 17.7 Å². The Morgan fingerprint density at radius 1 is 1.29 bits per heavy atom. The van der Waals surface area contributed by atoms with Crippen LogP contribution in [0, 0.1) is 15.9 Å². The second kappa shape index (κ2) is 7.37. The van der Waals surface area contributed by atoms with E-state index in [1.807, 2.05) is 4.72 Å². The third kappa shape index (κ3) is 3.85. The number of nitrogens with one attached hydrogen (secondary N) is 2. The van der Waals surface area contributed by atoms with Gasteiger partial charge in [-0.15, -0.1) is 0 Å². The number of hydrogen-bond acceptors (Lipinski definition) is 5. The molecule has 0 bridgehead atoms. The van der Waals surface area contributed by atoms with Crippen LogP contribution < -0.4 is 4.72 Å². The monoisotopic (exact) mass is 407 g/mol. The van der Waals surface area contributed by atoms with Crippen molar-refractivity contribution in [2.75, 3.05) is 0 Å². The van der Waals surface area contributed by atoms with Gasteiger partial charge in [0.15, 0.2) is 0 Å². The van der Waals surface area contributed by atoms with E-state index in [1.165, 1.54) is 0 Å². The molecular weight excluding hydrogens is 393 g/mol. The SMILES string of the molecule is O=C(O)[C@@H](Cc1c[nH]c2ccccc12)NS(=O)(=O)c1ccc(F)c([N+](=O)[O-])c1. The predicted octanol–water partition coefficient (Wildman–Crippen LogP) is 2.19. The van der Waals surface area contributed by atoms with Crippen molar-refractivity contribution in [3.05, 3.63) is 70.2 Å². The van der Waals surface area contributed by atoms with Gasteiger partial charge < -0.3 is 10.1 Å². The number of nitrogens with zero attached hydrogens (tertiary/aromatic N) is 1. The number of carboxylic acids is 1. The van der Waals surface area contributed by atoms with E-state index in [-0.39, 0.29) is 6.42 Å². The average molecular weight is 407 g/mol. The third-order valence-corrected chi connectivity index (χ3v) is 5.59. The summed E-state index contributed by atoms with van der Waals surface area (Å²) < 4.78 is 40.5. The molecule has 2 aromatic carbocycles. The molecule has 0 spiro atoms. The summed E-state index contributed by atoms with van der Waals surface area (Å²) in [7, 11) is -4.45. The van der Waals surface area contributed by atoms with Crippen LogP contribution in [0.3, 0.4) is 0 Å². The van der Waals surface area contributed by atoms with E-state index in [1.54, 1.807) is 30.5 Å². The fourth-order valence-electron chi connectivity index (χ4n) is 2.75. The molecule has 0 aliphatic heterocycles. The van der Waals surface area contributed by atoms with E-state index in [0.717, 1.165) is 17.0 Å². The van der Waals surface area contributed by atoms with Crippen molar-refractivity contribution in [3.63, 3.8) is 0 Å². The molecule has 1 atom stereocenters. The molecule has 0 saturated carbocycles. The smallest absolute Gasteiger partial charge is 0.322 e. The number of nitro benzene ring substituents is 1. The summed E-state index contributed by atoms with van der Waals surface area (Å²) in [6, 6.07) is 7.58. The van der Waals surface area contributed by atoms with Crippen LogP contribution in [0.25, 0.3) is 10.9 Å². The number of sulfonamides is 1. The topological polar surface area (TPSA) is 142 Å². The molecule has 0 fully saturated rings. The van der Waals surface area contributed by atoms with Crippen LogP contribution in [0.15, 0.2) is 53.6 Å². The maximum Gasteiger partial charge on any atom is 0.322 e. The van der Waals surface area contributed by atoms with E-state index in [2.05, 4.69) is 4.98 Å². The highest BCUT2D eigenvalue weighted by Crippen LogP contribution is 2.23. The minimum Gasteiger partial charge on any atom is -0.480 e. The quantitative estimate of drug-likeness (QED) is 0.405. The van der Waals surface area contributed by atoms with Crippen LogP contribution in [0.5, 0.6) is 0 Å². The molecule has 0 amide bonds. The van der Waals surface area contributed by atoms with E-state index >= 15 is 0 Å². The molecule has 28 heavy (non-hydrogen) atoms. The highest BCUT2D eigenvalue weighted by molar-refractivity contribution is 7.89. The molecule has 3 N–H and O–H groups in total. The Bertz CT molecular complexity index is 1170. The number of H-pyrrole nitrogens is 1. The number of halogens is 1. The Kier molecular flexibility index (Phi) is 5.12. The Morgan fingerprint density at radius 2 is 2.00 bits per heavy atom. The van der Waals surface area contributed by atoms with Crippen molar-refractivity contribution in [1.29, 1.82) is 0 Å². The number of hydrogen-bond donors (Lipinski definition) is 3. The summed E-state index contributed by atoms with van der Waals surface area (Å²) in [5, 5.41) is 21.0. The van der Waals surface area contributed by atoms with Gasteiger partial charge in [0.1, 0.15) is 6.04 Å². The van der Waals surface area contributed by atoms with Crippen molar-refractivity contribution in [1.82, 2.24) is 9.71 Å². The number of aliphatic carboxylic acids is 1. The zero-order valence-electron chi connectivity index (χ0n) is 14.1. The Labute approximate surface area is 158 Å². The fourth-order valence-corrected chi connectivity index (χ4v) is 3.96. The number of rotatable bonds is 7. The van der Waals surface area contributed by atoms with Gasteiger partial charge in [-0.3, -0.25) is 14.9 Å². The maximum absolute atomic E-state index is 13.4. The highest BCUT2D eigenvalue weighted by Gasteiger charge is 2.28. The minimum atomic E-state index is -4.45. The van der Waals surface area contributed by atoms with Crippen molar-refractivity contribution >= 4 is 32.6 Å². The van der Waals surface area contributed by atoms with Crippen molar-refractivity contribution in [2.24, 2.45) is 0 Å². The zero-order valence-corrected chi connectivity index (χ0v) is 14.9. The molecule has 9 nitrogen and oxygen atoms in total. The van der Waals surface area contributed by atoms with Gasteiger partial charge in [-0.2, -0.15) is 9.11 Å². The number of fused-ring (bicyclic) bond motifs is 1. The van der Waals surface area contributed by atoms with Gasteiger partial charge in [0.25, 0.3) is 0 Å². The normalized spacial score (nSPS) is 12.8. The lowest BCUT2D eigenvalue weighted by Gasteiger charge is -2.14.